The molecule has 3 aromatic rings. The predicted octanol–water partition coefficient (Wildman–Crippen LogP) is 7.23. The molecule has 0 bridgehead atoms. The van der Waals surface area contributed by atoms with Crippen LogP contribution >= 0.6 is 54.8 Å². The number of pyridine rings is 1. The Bertz CT molecular complexity index is 1360. The molecule has 0 saturated carbocycles. The summed E-state index contributed by atoms with van der Waals surface area (Å²) < 4.78 is 51.6. The Balaban J connectivity index is 1.79. The number of fused-ring (bicyclic) bond motifs is 1. The first-order valence-electron chi connectivity index (χ1n) is 9.89. The summed E-state index contributed by atoms with van der Waals surface area (Å²) in [5, 5.41) is 0.386. The van der Waals surface area contributed by atoms with Crippen molar-refractivity contribution in [2.45, 2.75) is 24.8 Å². The van der Waals surface area contributed by atoms with Crippen LogP contribution in [0.1, 0.15) is 27.2 Å². The van der Waals surface area contributed by atoms with Crippen LogP contribution < -0.4 is 15.0 Å². The SMILES string of the molecule is COc1cc2c(c(OC)c1)CI(C(=O)c1c(Sc3c(Cl)cccc3Cl)cc(C(F)(F)F)[nH]c1=O)C2. The number of carbonyl (C=O) groups excluding carboxylic acids is 1. The standard InChI is InChI=1S/C23H17Cl2F3INO4S/c1-33-12-6-11-9-29(10-13(11)16(7-12)34-2)21(31)19-17(8-18(23(26,27)28)30-22(19)32)35-20-14(24)4-3-5-15(20)25/h3-8H,9-10H2,1-2H3,(H,30,32). The van der Waals surface area contributed by atoms with E-state index < -0.39 is 41.0 Å². The summed E-state index contributed by atoms with van der Waals surface area (Å²) in [6.45, 7) is 0. The molecule has 2 aromatic carbocycles. The van der Waals surface area contributed by atoms with E-state index in [2.05, 4.69) is 0 Å². The van der Waals surface area contributed by atoms with E-state index in [4.69, 9.17) is 32.7 Å². The average molecular weight is 658 g/mol. The maximum absolute atomic E-state index is 13.6. The summed E-state index contributed by atoms with van der Waals surface area (Å²) in [4.78, 5) is 28.5. The monoisotopic (exact) mass is 657 g/mol. The van der Waals surface area contributed by atoms with Crippen molar-refractivity contribution in [2.75, 3.05) is 14.2 Å². The molecule has 1 N–H and O–H groups in total. The fourth-order valence-electron chi connectivity index (χ4n) is 3.53. The van der Waals surface area contributed by atoms with E-state index in [0.29, 0.717) is 20.4 Å². The molecule has 0 unspecified atom stereocenters. The van der Waals surface area contributed by atoms with Crippen molar-refractivity contribution in [3.05, 3.63) is 79.2 Å². The van der Waals surface area contributed by atoms with Gasteiger partial charge < -0.3 is 0 Å². The van der Waals surface area contributed by atoms with Gasteiger partial charge in [-0.25, -0.2) is 0 Å². The van der Waals surface area contributed by atoms with Crippen LogP contribution in [-0.2, 0) is 15.0 Å². The molecular weight excluding hydrogens is 641 g/mol. The molecular formula is C23H17Cl2F3INO4S. The summed E-state index contributed by atoms with van der Waals surface area (Å²) in [5.41, 5.74) is -0.907. The molecule has 5 nitrogen and oxygen atoms in total. The van der Waals surface area contributed by atoms with Crippen molar-refractivity contribution >= 4 is 58.6 Å². The van der Waals surface area contributed by atoms with Crippen LogP contribution in [0.4, 0.5) is 13.2 Å². The fraction of sp³-hybridized carbons (Fsp3) is 0.217. The Hall–Kier alpha value is -1.89. The first-order chi connectivity index (χ1) is 16.5. The van der Waals surface area contributed by atoms with Gasteiger partial charge in [0.25, 0.3) is 0 Å². The predicted molar refractivity (Wildman–Crippen MR) is 138 cm³/mol. The van der Waals surface area contributed by atoms with Crippen LogP contribution in [0.15, 0.2) is 51.0 Å². The summed E-state index contributed by atoms with van der Waals surface area (Å²) in [6.07, 6.45) is -4.81. The van der Waals surface area contributed by atoms with Gasteiger partial charge in [-0.2, -0.15) is 0 Å². The second-order valence-corrected chi connectivity index (χ2v) is 14.3. The van der Waals surface area contributed by atoms with Crippen molar-refractivity contribution in [1.29, 1.82) is 0 Å². The van der Waals surface area contributed by atoms with Gasteiger partial charge in [0.15, 0.2) is 0 Å². The zero-order valence-electron chi connectivity index (χ0n) is 18.2. The normalized spacial score (nSPS) is 14.1. The van der Waals surface area contributed by atoms with Gasteiger partial charge in [0.05, 0.1) is 0 Å². The van der Waals surface area contributed by atoms with E-state index in [9.17, 15) is 22.8 Å². The minimum absolute atomic E-state index is 0.140. The van der Waals surface area contributed by atoms with Gasteiger partial charge in [0.2, 0.25) is 0 Å². The van der Waals surface area contributed by atoms with Gasteiger partial charge in [0.1, 0.15) is 0 Å². The van der Waals surface area contributed by atoms with Crippen molar-refractivity contribution in [2.24, 2.45) is 0 Å². The number of H-pyrrole nitrogens is 1. The molecule has 0 amide bonds. The molecule has 2 heterocycles. The molecule has 1 aliphatic rings. The first kappa shape index (κ1) is 26.2. The van der Waals surface area contributed by atoms with Crippen molar-refractivity contribution in [1.82, 2.24) is 4.98 Å². The molecule has 35 heavy (non-hydrogen) atoms. The van der Waals surface area contributed by atoms with Gasteiger partial charge in [-0.1, -0.05) is 0 Å². The van der Waals surface area contributed by atoms with Gasteiger partial charge >= 0.3 is 221 Å². The number of ether oxygens (including phenoxy) is 2. The topological polar surface area (TPSA) is 68.4 Å². The summed E-state index contributed by atoms with van der Waals surface area (Å²) in [7, 11) is 3.03. The zero-order valence-corrected chi connectivity index (χ0v) is 22.7. The number of benzene rings is 2. The Kier molecular flexibility index (Phi) is 7.65. The third-order valence-corrected chi connectivity index (χ3v) is 12.6. The van der Waals surface area contributed by atoms with Crippen LogP contribution in [0, 0.1) is 0 Å². The molecule has 12 heteroatoms. The van der Waals surface area contributed by atoms with E-state index in [-0.39, 0.29) is 25.4 Å². The fourth-order valence-corrected chi connectivity index (χ4v) is 11.1. The summed E-state index contributed by atoms with van der Waals surface area (Å²) in [6, 6.07) is 8.94. The Morgan fingerprint density at radius 1 is 1.09 bits per heavy atom. The van der Waals surface area contributed by atoms with E-state index in [1.54, 1.807) is 12.1 Å². The number of nitrogens with one attached hydrogen (secondary N) is 1. The summed E-state index contributed by atoms with van der Waals surface area (Å²) >= 11 is 10.6. The van der Waals surface area contributed by atoms with Crippen molar-refractivity contribution in [3.8, 4) is 11.5 Å². The summed E-state index contributed by atoms with van der Waals surface area (Å²) in [5.74, 6) is 1.15. The van der Waals surface area contributed by atoms with E-state index in [0.717, 1.165) is 29.0 Å². The van der Waals surface area contributed by atoms with Gasteiger partial charge in [-0.15, -0.1) is 0 Å². The Morgan fingerprint density at radius 3 is 2.37 bits per heavy atom. The zero-order chi connectivity index (χ0) is 25.5. The van der Waals surface area contributed by atoms with E-state index >= 15 is 0 Å². The second kappa shape index (κ2) is 10.2. The van der Waals surface area contributed by atoms with Crippen LogP contribution in [0.25, 0.3) is 0 Å². The third kappa shape index (κ3) is 5.30. The quantitative estimate of drug-likeness (QED) is 0.172. The molecule has 0 aliphatic carbocycles. The number of rotatable bonds is 6. The number of hydrogen-bond acceptors (Lipinski definition) is 5. The van der Waals surface area contributed by atoms with Gasteiger partial charge in [-0.05, 0) is 0 Å². The number of carbonyl (C=O) groups is 1. The molecule has 4 rings (SSSR count). The number of aromatic amines is 1. The number of hydrogen-bond donors (Lipinski definition) is 1. The number of aromatic nitrogens is 1. The van der Waals surface area contributed by atoms with Crippen LogP contribution in [0.3, 0.4) is 0 Å². The average Bonchev–Trinajstić information content (AvgIpc) is 3.24. The Labute approximate surface area is 219 Å². The number of methoxy groups -OCH3 is 2. The van der Waals surface area contributed by atoms with Crippen molar-refractivity contribution in [3.63, 3.8) is 0 Å². The Morgan fingerprint density at radius 2 is 1.77 bits per heavy atom. The maximum atomic E-state index is 13.6. The minimum atomic E-state index is -4.81. The molecule has 186 valence electrons. The molecule has 0 fully saturated rings. The van der Waals surface area contributed by atoms with E-state index in [1.807, 2.05) is 11.1 Å². The van der Waals surface area contributed by atoms with Gasteiger partial charge in [0, 0.05) is 0 Å². The molecule has 1 aliphatic heterocycles. The molecule has 0 radical (unpaired) electrons. The molecule has 1 aromatic heterocycles. The van der Waals surface area contributed by atoms with Crippen LogP contribution in [0.2, 0.25) is 10.0 Å². The third-order valence-electron chi connectivity index (χ3n) is 5.20. The molecule has 0 spiro atoms. The number of alkyl halides is 5. The van der Waals surface area contributed by atoms with E-state index in [1.165, 1.54) is 26.4 Å². The van der Waals surface area contributed by atoms with Crippen molar-refractivity contribution < 1.29 is 27.4 Å². The molecule has 0 saturated heterocycles. The first-order valence-corrected chi connectivity index (χ1v) is 15.6. The second-order valence-electron chi connectivity index (χ2n) is 7.37. The number of halogens is 6. The molecule has 0 atom stereocenters. The van der Waals surface area contributed by atoms with Crippen LogP contribution in [0.5, 0.6) is 11.5 Å². The van der Waals surface area contributed by atoms with Crippen LogP contribution in [-0.4, -0.2) is 23.0 Å². The van der Waals surface area contributed by atoms with Gasteiger partial charge in [-0.3, -0.25) is 0 Å².